The van der Waals surface area contributed by atoms with E-state index in [-0.39, 0.29) is 49.2 Å². The number of amides is 2. The summed E-state index contributed by atoms with van der Waals surface area (Å²) in [6.07, 6.45) is 2.26. The molecular weight excluding hydrogens is 444 g/mol. The van der Waals surface area contributed by atoms with E-state index in [1.165, 1.54) is 11.1 Å². The van der Waals surface area contributed by atoms with Gasteiger partial charge in [-0.1, -0.05) is 68.8 Å². The molecule has 2 aromatic carbocycles. The maximum absolute atomic E-state index is 12.7. The number of ether oxygens (including phenoxy) is 1. The van der Waals surface area contributed by atoms with E-state index in [9.17, 15) is 14.4 Å². The van der Waals surface area contributed by atoms with Crippen LogP contribution in [-0.2, 0) is 14.3 Å². The van der Waals surface area contributed by atoms with E-state index >= 15 is 0 Å². The zero-order valence-electron chi connectivity index (χ0n) is 20.3. The first-order valence-electron chi connectivity index (χ1n) is 12.5. The molecule has 2 aliphatic carbocycles. The molecule has 2 aromatic rings. The van der Waals surface area contributed by atoms with Gasteiger partial charge in [-0.2, -0.15) is 0 Å². The van der Waals surface area contributed by atoms with Gasteiger partial charge in [-0.15, -0.1) is 0 Å². The number of aliphatic carboxylic acids is 1. The van der Waals surface area contributed by atoms with Crippen LogP contribution >= 0.6 is 0 Å². The van der Waals surface area contributed by atoms with E-state index in [4.69, 9.17) is 9.84 Å². The van der Waals surface area contributed by atoms with Crippen molar-refractivity contribution in [1.29, 1.82) is 0 Å². The van der Waals surface area contributed by atoms with Crippen molar-refractivity contribution < 1.29 is 24.2 Å². The van der Waals surface area contributed by atoms with Gasteiger partial charge in [-0.05, 0) is 46.9 Å². The fourth-order valence-electron chi connectivity index (χ4n) is 5.41. The summed E-state index contributed by atoms with van der Waals surface area (Å²) in [5, 5.41) is 14.9. The molecule has 2 amide bonds. The normalized spacial score (nSPS) is 19.6. The molecule has 0 radical (unpaired) electrons. The lowest BCUT2D eigenvalue weighted by Crippen LogP contribution is -2.43. The van der Waals surface area contributed by atoms with Crippen molar-refractivity contribution in [3.05, 3.63) is 59.7 Å². The van der Waals surface area contributed by atoms with Gasteiger partial charge in [-0.25, -0.2) is 4.79 Å². The predicted octanol–water partition coefficient (Wildman–Crippen LogP) is 4.70. The third kappa shape index (κ3) is 5.84. The monoisotopic (exact) mass is 478 g/mol. The van der Waals surface area contributed by atoms with Crippen LogP contribution in [0.25, 0.3) is 11.1 Å². The van der Waals surface area contributed by atoms with Crippen LogP contribution in [0, 0.1) is 11.8 Å². The number of alkyl carbamates (subject to hydrolysis) is 1. The largest absolute Gasteiger partial charge is 0.481 e. The van der Waals surface area contributed by atoms with Crippen molar-refractivity contribution in [3.63, 3.8) is 0 Å². The Morgan fingerprint density at radius 2 is 1.63 bits per heavy atom. The number of nitrogens with one attached hydrogen (secondary N) is 2. The first kappa shape index (κ1) is 24.8. The third-order valence-corrected chi connectivity index (χ3v) is 7.30. The minimum Gasteiger partial charge on any atom is -0.481 e. The van der Waals surface area contributed by atoms with Crippen LogP contribution in [-0.4, -0.2) is 41.8 Å². The second-order valence-electron chi connectivity index (χ2n) is 9.99. The molecule has 7 nitrogen and oxygen atoms in total. The van der Waals surface area contributed by atoms with Crippen LogP contribution < -0.4 is 10.6 Å². The lowest BCUT2D eigenvalue weighted by molar-refractivity contribution is -0.138. The van der Waals surface area contributed by atoms with E-state index in [0.717, 1.165) is 30.4 Å². The molecular formula is C28H34N2O5. The summed E-state index contributed by atoms with van der Waals surface area (Å²) in [7, 11) is 0. The quantitative estimate of drug-likeness (QED) is 0.485. The number of carbonyl (C=O) groups excluding carboxylic acids is 2. The van der Waals surface area contributed by atoms with Crippen LogP contribution in [0.4, 0.5) is 4.79 Å². The van der Waals surface area contributed by atoms with E-state index in [1.54, 1.807) is 0 Å². The molecule has 1 fully saturated rings. The van der Waals surface area contributed by atoms with Gasteiger partial charge in [-0.3, -0.25) is 9.59 Å². The fourth-order valence-corrected chi connectivity index (χ4v) is 5.41. The fraction of sp³-hybridized carbons (Fsp3) is 0.464. The number of benzene rings is 2. The Labute approximate surface area is 206 Å². The molecule has 0 saturated heterocycles. The molecule has 0 aliphatic heterocycles. The lowest BCUT2D eigenvalue weighted by Gasteiger charge is -2.24. The summed E-state index contributed by atoms with van der Waals surface area (Å²) in [6, 6.07) is 15.9. The molecule has 0 aromatic heterocycles. The Morgan fingerprint density at radius 3 is 2.23 bits per heavy atom. The highest BCUT2D eigenvalue weighted by atomic mass is 16.5. The highest BCUT2D eigenvalue weighted by molar-refractivity contribution is 5.79. The summed E-state index contributed by atoms with van der Waals surface area (Å²) in [6.45, 7) is 4.04. The van der Waals surface area contributed by atoms with Crippen LogP contribution in [0.5, 0.6) is 0 Å². The van der Waals surface area contributed by atoms with Crippen molar-refractivity contribution in [1.82, 2.24) is 10.6 Å². The van der Waals surface area contributed by atoms with Crippen LogP contribution in [0.3, 0.4) is 0 Å². The van der Waals surface area contributed by atoms with Gasteiger partial charge < -0.3 is 20.5 Å². The molecule has 7 heteroatoms. The van der Waals surface area contributed by atoms with Gasteiger partial charge >= 0.3 is 12.1 Å². The molecule has 3 unspecified atom stereocenters. The summed E-state index contributed by atoms with van der Waals surface area (Å²) in [5.74, 6) is -1.07. The predicted molar refractivity (Wildman–Crippen MR) is 133 cm³/mol. The molecule has 0 bridgehead atoms. The molecule has 4 rings (SSSR count). The zero-order chi connectivity index (χ0) is 24.9. The number of carboxylic acid groups (broad SMARTS) is 1. The number of carboxylic acids is 1. The Kier molecular flexibility index (Phi) is 7.73. The molecule has 35 heavy (non-hydrogen) atoms. The highest BCUT2D eigenvalue weighted by Gasteiger charge is 2.33. The molecule has 186 valence electrons. The SMILES string of the molecule is CC(C)C(CC(=O)O)NC(=O)CC1CCCC1NC(=O)OCC1c2ccccc2-c2ccccc21. The third-order valence-electron chi connectivity index (χ3n) is 7.30. The average Bonchev–Trinajstić information content (AvgIpc) is 3.38. The van der Waals surface area contributed by atoms with E-state index in [1.807, 2.05) is 38.1 Å². The lowest BCUT2D eigenvalue weighted by atomic mass is 9.97. The van der Waals surface area contributed by atoms with Gasteiger partial charge in [0.1, 0.15) is 6.61 Å². The van der Waals surface area contributed by atoms with Crippen LogP contribution in [0.15, 0.2) is 48.5 Å². The first-order chi connectivity index (χ1) is 16.8. The zero-order valence-corrected chi connectivity index (χ0v) is 20.3. The Morgan fingerprint density at radius 1 is 1.00 bits per heavy atom. The standard InChI is InChI=1S/C28H34N2O5/c1-17(2)25(15-27(32)33)29-26(31)14-18-8-7-13-24(18)30-28(34)35-16-23-21-11-5-3-9-19(21)20-10-4-6-12-22(20)23/h3-6,9-12,17-18,23-25H,7-8,13-16H2,1-2H3,(H,29,31)(H,30,34)(H,32,33). The molecule has 0 heterocycles. The van der Waals surface area contributed by atoms with E-state index in [0.29, 0.717) is 0 Å². The van der Waals surface area contributed by atoms with Gasteiger partial charge in [0, 0.05) is 24.4 Å². The number of fused-ring (bicyclic) bond motifs is 3. The molecule has 0 spiro atoms. The summed E-state index contributed by atoms with van der Waals surface area (Å²) in [4.78, 5) is 36.4. The van der Waals surface area contributed by atoms with Crippen molar-refractivity contribution in [3.8, 4) is 11.1 Å². The van der Waals surface area contributed by atoms with Gasteiger partial charge in [0.25, 0.3) is 0 Å². The van der Waals surface area contributed by atoms with Crippen molar-refractivity contribution in [2.45, 2.75) is 64.0 Å². The van der Waals surface area contributed by atoms with Crippen molar-refractivity contribution in [2.75, 3.05) is 6.61 Å². The van der Waals surface area contributed by atoms with Crippen molar-refractivity contribution in [2.24, 2.45) is 11.8 Å². The average molecular weight is 479 g/mol. The summed E-state index contributed by atoms with van der Waals surface area (Å²) in [5.41, 5.74) is 4.69. The minimum atomic E-state index is -0.931. The van der Waals surface area contributed by atoms with Gasteiger partial charge in [0.05, 0.1) is 6.42 Å². The number of hydrogen-bond acceptors (Lipinski definition) is 4. The smallest absolute Gasteiger partial charge is 0.407 e. The second-order valence-corrected chi connectivity index (χ2v) is 9.99. The molecule has 1 saturated carbocycles. The summed E-state index contributed by atoms with van der Waals surface area (Å²) >= 11 is 0. The highest BCUT2D eigenvalue weighted by Crippen LogP contribution is 2.44. The maximum atomic E-state index is 12.7. The Balaban J connectivity index is 1.31. The van der Waals surface area contributed by atoms with Crippen LogP contribution in [0.2, 0.25) is 0 Å². The van der Waals surface area contributed by atoms with Gasteiger partial charge in [0.2, 0.25) is 5.91 Å². The summed E-state index contributed by atoms with van der Waals surface area (Å²) < 4.78 is 5.68. The Hall–Kier alpha value is -3.35. The molecule has 3 atom stereocenters. The second kappa shape index (κ2) is 10.9. The Bertz CT molecular complexity index is 1040. The van der Waals surface area contributed by atoms with Gasteiger partial charge in [0.15, 0.2) is 0 Å². The van der Waals surface area contributed by atoms with E-state index < -0.39 is 18.1 Å². The number of rotatable bonds is 9. The number of hydrogen-bond donors (Lipinski definition) is 3. The van der Waals surface area contributed by atoms with Crippen LogP contribution in [0.1, 0.15) is 63.0 Å². The minimum absolute atomic E-state index is 0.000468. The first-order valence-corrected chi connectivity index (χ1v) is 12.5. The van der Waals surface area contributed by atoms with Crippen molar-refractivity contribution >= 4 is 18.0 Å². The maximum Gasteiger partial charge on any atom is 0.407 e. The molecule has 3 N–H and O–H groups in total. The van der Waals surface area contributed by atoms with E-state index in [2.05, 4.69) is 34.9 Å². The number of carbonyl (C=O) groups is 3. The topological polar surface area (TPSA) is 105 Å². The molecule has 2 aliphatic rings.